The van der Waals surface area contributed by atoms with E-state index in [0.29, 0.717) is 11.4 Å². The van der Waals surface area contributed by atoms with Crippen LogP contribution in [0.1, 0.15) is 21.7 Å². The fourth-order valence-electron chi connectivity index (χ4n) is 2.16. The van der Waals surface area contributed by atoms with Crippen molar-refractivity contribution in [2.24, 2.45) is 0 Å². The minimum absolute atomic E-state index is 0.114. The van der Waals surface area contributed by atoms with E-state index in [1.54, 1.807) is 16.8 Å². The maximum absolute atomic E-state index is 11.5. The van der Waals surface area contributed by atoms with Gasteiger partial charge < -0.3 is 15.5 Å². The van der Waals surface area contributed by atoms with E-state index in [-0.39, 0.29) is 18.0 Å². The lowest BCUT2D eigenvalue weighted by molar-refractivity contribution is 0.0697. The third-order valence-corrected chi connectivity index (χ3v) is 3.54. The van der Waals surface area contributed by atoms with Crippen molar-refractivity contribution in [3.63, 3.8) is 0 Å². The molecule has 1 atom stereocenters. The first-order valence-corrected chi connectivity index (χ1v) is 7.34. The fraction of sp³-hybridized carbons (Fsp3) is 0.333. The van der Waals surface area contributed by atoms with E-state index < -0.39 is 12.1 Å². The standard InChI is InChI=1S/C15H18ClN3O3/c1-9-5-10(2)19(18-9)14-4-3-11(6-13(14)15(21)22)17-8-12(20)7-16/h3-6,12,17,20H,7-8H2,1-2H3,(H,21,22). The second-order valence-corrected chi connectivity index (χ2v) is 5.37. The first-order valence-electron chi connectivity index (χ1n) is 6.81. The van der Waals surface area contributed by atoms with Crippen LogP contribution in [0.15, 0.2) is 24.3 Å². The Labute approximate surface area is 133 Å². The molecule has 1 aromatic carbocycles. The molecule has 1 unspecified atom stereocenters. The number of nitrogens with zero attached hydrogens (tertiary/aromatic N) is 2. The van der Waals surface area contributed by atoms with Gasteiger partial charge in [-0.1, -0.05) is 0 Å². The molecule has 0 amide bonds. The van der Waals surface area contributed by atoms with Crippen molar-refractivity contribution in [3.05, 3.63) is 41.2 Å². The van der Waals surface area contributed by atoms with Gasteiger partial charge in [0, 0.05) is 17.9 Å². The van der Waals surface area contributed by atoms with Crippen LogP contribution in [0.5, 0.6) is 0 Å². The number of carboxylic acid groups (broad SMARTS) is 1. The summed E-state index contributed by atoms with van der Waals surface area (Å²) in [6.45, 7) is 3.98. The molecule has 1 aromatic heterocycles. The van der Waals surface area contributed by atoms with Gasteiger partial charge in [-0.2, -0.15) is 5.10 Å². The van der Waals surface area contributed by atoms with Crippen molar-refractivity contribution in [2.45, 2.75) is 20.0 Å². The molecule has 0 saturated carbocycles. The van der Waals surface area contributed by atoms with Crippen LogP contribution in [0.2, 0.25) is 0 Å². The van der Waals surface area contributed by atoms with Crippen molar-refractivity contribution in [2.75, 3.05) is 17.7 Å². The molecule has 0 saturated heterocycles. The second-order valence-electron chi connectivity index (χ2n) is 5.07. The summed E-state index contributed by atoms with van der Waals surface area (Å²) in [5.74, 6) is -0.924. The Morgan fingerprint density at radius 3 is 2.68 bits per heavy atom. The van der Waals surface area contributed by atoms with E-state index in [0.717, 1.165) is 11.4 Å². The first-order chi connectivity index (χ1) is 10.4. The van der Waals surface area contributed by atoms with Crippen molar-refractivity contribution in [1.29, 1.82) is 0 Å². The number of hydrogen-bond donors (Lipinski definition) is 3. The Morgan fingerprint density at radius 1 is 1.41 bits per heavy atom. The maximum atomic E-state index is 11.5. The number of aromatic carboxylic acids is 1. The van der Waals surface area contributed by atoms with E-state index in [2.05, 4.69) is 10.4 Å². The van der Waals surface area contributed by atoms with Gasteiger partial charge in [-0.3, -0.25) is 0 Å². The monoisotopic (exact) mass is 323 g/mol. The Hall–Kier alpha value is -2.05. The number of benzene rings is 1. The Bertz CT molecular complexity index is 685. The molecule has 7 heteroatoms. The van der Waals surface area contributed by atoms with E-state index in [1.807, 2.05) is 19.9 Å². The predicted molar refractivity (Wildman–Crippen MR) is 85.2 cm³/mol. The number of carboxylic acids is 1. The van der Waals surface area contributed by atoms with Crippen molar-refractivity contribution < 1.29 is 15.0 Å². The number of aliphatic hydroxyl groups is 1. The first kappa shape index (κ1) is 16.3. The molecule has 118 valence electrons. The summed E-state index contributed by atoms with van der Waals surface area (Å²) in [5.41, 5.74) is 2.92. The highest BCUT2D eigenvalue weighted by molar-refractivity contribution is 6.18. The molecular formula is C15H18ClN3O3. The lowest BCUT2D eigenvalue weighted by atomic mass is 10.1. The van der Waals surface area contributed by atoms with Crippen LogP contribution in [0.25, 0.3) is 5.69 Å². The highest BCUT2D eigenvalue weighted by Gasteiger charge is 2.15. The van der Waals surface area contributed by atoms with Gasteiger partial charge >= 0.3 is 5.97 Å². The zero-order valence-electron chi connectivity index (χ0n) is 12.4. The van der Waals surface area contributed by atoms with Gasteiger partial charge in [-0.05, 0) is 38.1 Å². The van der Waals surface area contributed by atoms with Crippen LogP contribution in [0.4, 0.5) is 5.69 Å². The zero-order chi connectivity index (χ0) is 16.3. The average molecular weight is 324 g/mol. The minimum Gasteiger partial charge on any atom is -0.478 e. The van der Waals surface area contributed by atoms with E-state index in [9.17, 15) is 15.0 Å². The summed E-state index contributed by atoms with van der Waals surface area (Å²) in [5, 5.41) is 26.2. The van der Waals surface area contributed by atoms with Crippen LogP contribution < -0.4 is 5.32 Å². The van der Waals surface area contributed by atoms with Gasteiger partial charge in [-0.25, -0.2) is 9.48 Å². The zero-order valence-corrected chi connectivity index (χ0v) is 13.1. The van der Waals surface area contributed by atoms with Gasteiger partial charge in [0.2, 0.25) is 0 Å². The Balaban J connectivity index is 2.36. The lowest BCUT2D eigenvalue weighted by Gasteiger charge is -2.13. The number of alkyl halides is 1. The van der Waals surface area contributed by atoms with Crippen molar-refractivity contribution >= 4 is 23.3 Å². The summed E-state index contributed by atoms with van der Waals surface area (Å²) >= 11 is 5.53. The number of carbonyl (C=O) groups is 1. The quantitative estimate of drug-likeness (QED) is 0.709. The van der Waals surface area contributed by atoms with Gasteiger partial charge in [-0.15, -0.1) is 11.6 Å². The summed E-state index contributed by atoms with van der Waals surface area (Å²) in [4.78, 5) is 11.5. The fourth-order valence-corrected chi connectivity index (χ4v) is 2.27. The van der Waals surface area contributed by atoms with Crippen LogP contribution in [-0.2, 0) is 0 Å². The molecular weight excluding hydrogens is 306 g/mol. The summed E-state index contributed by atoms with van der Waals surface area (Å²) in [7, 11) is 0. The molecule has 0 radical (unpaired) electrons. The molecule has 1 heterocycles. The largest absolute Gasteiger partial charge is 0.478 e. The summed E-state index contributed by atoms with van der Waals surface area (Å²) in [6, 6.07) is 6.85. The molecule has 3 N–H and O–H groups in total. The molecule has 0 aliphatic rings. The number of rotatable bonds is 6. The number of anilines is 1. The molecule has 0 fully saturated rings. The van der Waals surface area contributed by atoms with Crippen LogP contribution in [0.3, 0.4) is 0 Å². The topological polar surface area (TPSA) is 87.4 Å². The molecule has 2 rings (SSSR count). The summed E-state index contributed by atoms with van der Waals surface area (Å²) < 4.78 is 1.61. The molecule has 0 bridgehead atoms. The average Bonchev–Trinajstić information content (AvgIpc) is 2.82. The minimum atomic E-state index is -1.04. The van der Waals surface area contributed by atoms with E-state index >= 15 is 0 Å². The Morgan fingerprint density at radius 2 is 2.14 bits per heavy atom. The van der Waals surface area contributed by atoms with Crippen molar-refractivity contribution in [3.8, 4) is 5.69 Å². The number of hydrogen-bond acceptors (Lipinski definition) is 4. The van der Waals surface area contributed by atoms with Crippen LogP contribution in [0, 0.1) is 13.8 Å². The molecule has 22 heavy (non-hydrogen) atoms. The SMILES string of the molecule is Cc1cc(C)n(-c2ccc(NCC(O)CCl)cc2C(=O)O)n1. The smallest absolute Gasteiger partial charge is 0.337 e. The van der Waals surface area contributed by atoms with Gasteiger partial charge in [0.05, 0.1) is 28.9 Å². The third kappa shape index (κ3) is 3.58. The Kier molecular flexibility index (Phi) is 5.05. The highest BCUT2D eigenvalue weighted by atomic mass is 35.5. The van der Waals surface area contributed by atoms with E-state index in [1.165, 1.54) is 6.07 Å². The summed E-state index contributed by atoms with van der Waals surface area (Å²) in [6.07, 6.45) is -0.689. The number of halogens is 1. The predicted octanol–water partition coefficient (Wildman–Crippen LogP) is 2.20. The molecule has 0 spiro atoms. The number of aromatic nitrogens is 2. The van der Waals surface area contributed by atoms with Gasteiger partial charge in [0.15, 0.2) is 0 Å². The number of nitrogens with one attached hydrogen (secondary N) is 1. The van der Waals surface area contributed by atoms with Gasteiger partial charge in [0.1, 0.15) is 0 Å². The van der Waals surface area contributed by atoms with E-state index in [4.69, 9.17) is 11.6 Å². The van der Waals surface area contributed by atoms with Gasteiger partial charge in [0.25, 0.3) is 0 Å². The van der Waals surface area contributed by atoms with Crippen molar-refractivity contribution in [1.82, 2.24) is 9.78 Å². The maximum Gasteiger partial charge on any atom is 0.337 e. The molecule has 2 aromatic rings. The molecule has 0 aliphatic heterocycles. The highest BCUT2D eigenvalue weighted by Crippen LogP contribution is 2.21. The van der Waals surface area contributed by atoms with Crippen LogP contribution in [-0.4, -0.2) is 44.5 Å². The van der Waals surface area contributed by atoms with Crippen LogP contribution >= 0.6 is 11.6 Å². The number of aryl methyl sites for hydroxylation is 2. The normalized spacial score (nSPS) is 12.2. The lowest BCUT2D eigenvalue weighted by Crippen LogP contribution is -2.21. The second kappa shape index (κ2) is 6.81. The molecule has 0 aliphatic carbocycles. The molecule has 6 nitrogen and oxygen atoms in total. The third-order valence-electron chi connectivity index (χ3n) is 3.18. The number of aliphatic hydroxyl groups excluding tert-OH is 1.